The molecule has 0 aromatic heterocycles. The van der Waals surface area contributed by atoms with Crippen LogP contribution in [0.5, 0.6) is 0 Å². The SMILES string of the molecule is COC(=O)CN(C)C(=O)CO[C@H]1Cc2ccccc2C12CCN(CC[C@]1(c3ccc(F)cc3)CN(C(=O)c3cc(C(F)(F)F)cc(C(F)(F)F)c3)CO1)CC2. The van der Waals surface area contributed by atoms with Crippen LogP contribution < -0.4 is 0 Å². The second-order valence-electron chi connectivity index (χ2n) is 14.3. The lowest BCUT2D eigenvalue weighted by atomic mass is 9.72. The van der Waals surface area contributed by atoms with Crippen LogP contribution in [0.3, 0.4) is 0 Å². The predicted octanol–water partition coefficient (Wildman–Crippen LogP) is 6.19. The third-order valence-electron chi connectivity index (χ3n) is 11.0. The van der Waals surface area contributed by atoms with Gasteiger partial charge in [-0.05, 0) is 85.8 Å². The number of piperidine rings is 1. The van der Waals surface area contributed by atoms with E-state index in [-0.39, 0.29) is 44.2 Å². The van der Waals surface area contributed by atoms with Crippen LogP contribution in [0.4, 0.5) is 30.7 Å². The first-order valence-electron chi connectivity index (χ1n) is 17.7. The first-order chi connectivity index (χ1) is 25.9. The Bertz CT molecular complexity index is 1860. The van der Waals surface area contributed by atoms with Gasteiger partial charge in [0.25, 0.3) is 5.91 Å². The molecule has 2 heterocycles. The third-order valence-corrected chi connectivity index (χ3v) is 11.0. The van der Waals surface area contributed by atoms with Crippen molar-refractivity contribution in [3.05, 3.63) is 106 Å². The Hall–Kier alpha value is -4.54. The standard InChI is InChI=1S/C39H40F7N3O6/c1-47(21-34(51)53-2)33(50)22-54-32-19-25-5-3-4-6-31(25)36(32)11-14-48(15-12-36)16-13-37(27-7-9-30(40)10-8-27)23-49(24-55-37)35(52)26-17-28(38(41,42)43)20-29(18-26)39(44,45)46/h3-10,17-18,20,32H,11-16,19,21-24H2,1-2H3/t32-,37+/m0/s1. The monoisotopic (exact) mass is 779 g/mol. The number of hydrogen-bond donors (Lipinski definition) is 0. The fourth-order valence-electron chi connectivity index (χ4n) is 7.92. The van der Waals surface area contributed by atoms with E-state index in [4.69, 9.17) is 9.47 Å². The molecule has 55 heavy (non-hydrogen) atoms. The molecular formula is C39H40F7N3O6. The Morgan fingerprint density at radius 3 is 2.18 bits per heavy atom. The van der Waals surface area contributed by atoms with Gasteiger partial charge in [0.2, 0.25) is 5.91 Å². The minimum Gasteiger partial charge on any atom is -0.468 e. The number of likely N-dealkylation sites (tertiary alicyclic amines) is 1. The van der Waals surface area contributed by atoms with Crippen LogP contribution in [0, 0.1) is 5.82 Å². The maximum atomic E-state index is 14.0. The number of nitrogens with zero attached hydrogens (tertiary/aromatic N) is 3. The molecule has 2 fully saturated rings. The first-order valence-corrected chi connectivity index (χ1v) is 17.7. The minimum absolute atomic E-state index is 0.0346. The van der Waals surface area contributed by atoms with E-state index in [1.54, 1.807) is 0 Å². The number of ether oxygens (including phenoxy) is 3. The molecule has 1 spiro atoms. The van der Waals surface area contributed by atoms with Gasteiger partial charge < -0.3 is 28.9 Å². The molecule has 3 aromatic carbocycles. The molecule has 0 N–H and O–H groups in total. The zero-order chi connectivity index (χ0) is 39.8. The quantitative estimate of drug-likeness (QED) is 0.179. The molecule has 0 saturated carbocycles. The minimum atomic E-state index is -5.13. The second kappa shape index (κ2) is 15.5. The summed E-state index contributed by atoms with van der Waals surface area (Å²) in [6.45, 7) is 0.607. The predicted molar refractivity (Wildman–Crippen MR) is 183 cm³/mol. The van der Waals surface area contributed by atoms with Gasteiger partial charge >= 0.3 is 18.3 Å². The number of alkyl halides is 6. The van der Waals surface area contributed by atoms with E-state index in [1.165, 1.54) is 43.3 Å². The average molecular weight is 780 g/mol. The van der Waals surface area contributed by atoms with Crippen molar-refractivity contribution < 1.29 is 59.3 Å². The topological polar surface area (TPSA) is 88.6 Å². The Morgan fingerprint density at radius 1 is 0.927 bits per heavy atom. The van der Waals surface area contributed by atoms with E-state index >= 15 is 0 Å². The van der Waals surface area contributed by atoms with Gasteiger partial charge in [-0.15, -0.1) is 0 Å². The Morgan fingerprint density at radius 2 is 1.56 bits per heavy atom. The van der Waals surface area contributed by atoms with Crippen molar-refractivity contribution in [2.45, 2.75) is 55.2 Å². The fraction of sp³-hybridized carbons (Fsp3) is 0.462. The molecule has 1 aliphatic carbocycles. The molecule has 6 rings (SSSR count). The number of amides is 2. The highest BCUT2D eigenvalue weighted by Crippen LogP contribution is 2.48. The van der Waals surface area contributed by atoms with Gasteiger partial charge in [-0.3, -0.25) is 14.4 Å². The lowest BCUT2D eigenvalue weighted by molar-refractivity contribution is -0.149. The molecule has 3 aliphatic rings. The summed E-state index contributed by atoms with van der Waals surface area (Å²) in [5.41, 5.74) is -2.86. The number of hydrogen-bond acceptors (Lipinski definition) is 7. The number of carbonyl (C=O) groups is 3. The van der Waals surface area contributed by atoms with E-state index in [1.807, 2.05) is 18.2 Å². The van der Waals surface area contributed by atoms with E-state index in [0.717, 1.165) is 16.0 Å². The average Bonchev–Trinajstić information content (AvgIpc) is 3.72. The molecule has 0 radical (unpaired) electrons. The van der Waals surface area contributed by atoms with Crippen LogP contribution in [0.25, 0.3) is 0 Å². The van der Waals surface area contributed by atoms with Crippen molar-refractivity contribution in [2.24, 2.45) is 0 Å². The molecular weight excluding hydrogens is 739 g/mol. The van der Waals surface area contributed by atoms with Crippen molar-refractivity contribution in [3.8, 4) is 0 Å². The Labute approximate surface area is 312 Å². The summed E-state index contributed by atoms with van der Waals surface area (Å²) >= 11 is 0. The zero-order valence-corrected chi connectivity index (χ0v) is 30.1. The van der Waals surface area contributed by atoms with E-state index < -0.39 is 64.5 Å². The molecule has 2 atom stereocenters. The smallest absolute Gasteiger partial charge is 0.416 e. The molecule has 0 unspecified atom stereocenters. The van der Waals surface area contributed by atoms with Crippen molar-refractivity contribution in [2.75, 3.05) is 60.2 Å². The van der Waals surface area contributed by atoms with Crippen LogP contribution in [0.1, 0.15) is 57.4 Å². The van der Waals surface area contributed by atoms with Gasteiger partial charge in [0, 0.05) is 24.6 Å². The summed E-state index contributed by atoms with van der Waals surface area (Å²) in [5, 5.41) is 0. The maximum Gasteiger partial charge on any atom is 0.416 e. The van der Waals surface area contributed by atoms with Gasteiger partial charge in [-0.1, -0.05) is 36.4 Å². The molecule has 2 saturated heterocycles. The number of likely N-dealkylation sites (N-methyl/N-ethyl adjacent to an activating group) is 1. The largest absolute Gasteiger partial charge is 0.468 e. The van der Waals surface area contributed by atoms with Gasteiger partial charge in [-0.2, -0.15) is 26.3 Å². The highest BCUT2D eigenvalue weighted by molar-refractivity contribution is 5.95. The molecule has 0 bridgehead atoms. The first kappa shape index (κ1) is 40.1. The lowest BCUT2D eigenvalue weighted by Crippen LogP contribution is -2.50. The summed E-state index contributed by atoms with van der Waals surface area (Å²) in [7, 11) is 2.74. The lowest BCUT2D eigenvalue weighted by Gasteiger charge is -2.44. The van der Waals surface area contributed by atoms with Crippen LogP contribution in [0.15, 0.2) is 66.7 Å². The molecule has 296 valence electrons. The normalized spacial score (nSPS) is 21.1. The maximum absolute atomic E-state index is 14.0. The molecule has 2 aliphatic heterocycles. The van der Waals surface area contributed by atoms with Crippen molar-refractivity contribution >= 4 is 17.8 Å². The van der Waals surface area contributed by atoms with Crippen molar-refractivity contribution in [1.82, 2.24) is 14.7 Å². The van der Waals surface area contributed by atoms with Crippen LogP contribution in [-0.4, -0.2) is 98.8 Å². The van der Waals surface area contributed by atoms with E-state index in [0.29, 0.717) is 56.6 Å². The fourth-order valence-corrected chi connectivity index (χ4v) is 7.92. The summed E-state index contributed by atoms with van der Waals surface area (Å²) in [6.07, 6.45) is -8.35. The number of esters is 1. The van der Waals surface area contributed by atoms with Crippen LogP contribution in [-0.2, 0) is 53.6 Å². The summed E-state index contributed by atoms with van der Waals surface area (Å²) in [5.74, 6) is -2.51. The zero-order valence-electron chi connectivity index (χ0n) is 30.1. The van der Waals surface area contributed by atoms with Crippen LogP contribution in [0.2, 0.25) is 0 Å². The summed E-state index contributed by atoms with van der Waals surface area (Å²) in [4.78, 5) is 42.5. The highest BCUT2D eigenvalue weighted by atomic mass is 19.4. The van der Waals surface area contributed by atoms with Gasteiger partial charge in [0.15, 0.2) is 0 Å². The summed E-state index contributed by atoms with van der Waals surface area (Å²) < 4.78 is 113. The second-order valence-corrected chi connectivity index (χ2v) is 14.3. The molecule has 2 amide bonds. The summed E-state index contributed by atoms with van der Waals surface area (Å²) in [6, 6.07) is 14.2. The number of carbonyl (C=O) groups excluding carboxylic acids is 3. The molecule has 9 nitrogen and oxygen atoms in total. The number of rotatable bonds is 10. The van der Waals surface area contributed by atoms with Crippen molar-refractivity contribution in [3.63, 3.8) is 0 Å². The van der Waals surface area contributed by atoms with Gasteiger partial charge in [-0.25, -0.2) is 4.39 Å². The van der Waals surface area contributed by atoms with Gasteiger partial charge in [0.1, 0.15) is 31.3 Å². The van der Waals surface area contributed by atoms with Crippen molar-refractivity contribution in [1.29, 1.82) is 0 Å². The molecule has 3 aromatic rings. The van der Waals surface area contributed by atoms with Crippen LogP contribution >= 0.6 is 0 Å². The Kier molecular flexibility index (Phi) is 11.3. The molecule has 16 heteroatoms. The van der Waals surface area contributed by atoms with E-state index in [2.05, 4.69) is 15.7 Å². The Balaban J connectivity index is 1.17. The number of fused-ring (bicyclic) bond motifs is 2. The number of methoxy groups -OCH3 is 1. The number of halogens is 7. The highest BCUT2D eigenvalue weighted by Gasteiger charge is 2.50. The van der Waals surface area contributed by atoms with Gasteiger partial charge in [0.05, 0.1) is 30.9 Å². The third kappa shape index (κ3) is 8.50. The van der Waals surface area contributed by atoms with E-state index in [9.17, 15) is 45.1 Å². The number of benzene rings is 3.